The van der Waals surface area contributed by atoms with Crippen molar-refractivity contribution in [2.45, 2.75) is 25.7 Å². The molecule has 0 aliphatic heterocycles. The predicted octanol–water partition coefficient (Wildman–Crippen LogP) is -0.813. The van der Waals surface area contributed by atoms with Crippen LogP contribution in [0.3, 0.4) is 0 Å². The van der Waals surface area contributed by atoms with E-state index in [1.165, 1.54) is 0 Å². The average Bonchev–Trinajstić information content (AvgIpc) is 2.35. The Hall–Kier alpha value is -2.98. The zero-order valence-corrected chi connectivity index (χ0v) is 11.6. The maximum Gasteiger partial charge on any atom is 0.314 e. The molecule has 0 radical (unpaired) electrons. The fourth-order valence-corrected chi connectivity index (χ4v) is 1.53. The van der Waals surface area contributed by atoms with E-state index in [1.54, 1.807) is 0 Å². The van der Waals surface area contributed by atoms with Crippen LogP contribution in [0.1, 0.15) is 25.7 Å². The van der Waals surface area contributed by atoms with Crippen molar-refractivity contribution in [2.24, 2.45) is 11.8 Å². The van der Waals surface area contributed by atoms with E-state index in [9.17, 15) is 28.8 Å². The van der Waals surface area contributed by atoms with Gasteiger partial charge in [0.1, 0.15) is 0 Å². The standard InChI is InChI=1S/C12H14O11/c13-7(14)1-5(11(19)20)3-9(17)23-10(18)4-6(12(21)22)2-8(15)16/h5-6H,1-4H2,(H,13,14)(H,15,16)(H,19,20)(H,21,22). The minimum atomic E-state index is -1.61. The number of esters is 2. The summed E-state index contributed by atoms with van der Waals surface area (Å²) in [5.74, 6) is -12.0. The Kier molecular flexibility index (Phi) is 7.94. The van der Waals surface area contributed by atoms with Gasteiger partial charge in [-0.1, -0.05) is 0 Å². The molecule has 23 heavy (non-hydrogen) atoms. The van der Waals surface area contributed by atoms with Gasteiger partial charge in [0.15, 0.2) is 0 Å². The van der Waals surface area contributed by atoms with E-state index in [4.69, 9.17) is 20.4 Å². The van der Waals surface area contributed by atoms with Crippen molar-refractivity contribution in [2.75, 3.05) is 0 Å². The number of rotatable bonds is 10. The molecule has 4 N–H and O–H groups in total. The van der Waals surface area contributed by atoms with Crippen molar-refractivity contribution in [3.63, 3.8) is 0 Å². The topological polar surface area (TPSA) is 193 Å². The number of carbonyl (C=O) groups excluding carboxylic acids is 2. The molecular formula is C12H14O11. The lowest BCUT2D eigenvalue weighted by molar-refractivity contribution is -0.165. The Morgan fingerprint density at radius 3 is 1.13 bits per heavy atom. The summed E-state index contributed by atoms with van der Waals surface area (Å²) >= 11 is 0. The van der Waals surface area contributed by atoms with Crippen LogP contribution >= 0.6 is 0 Å². The van der Waals surface area contributed by atoms with Crippen molar-refractivity contribution in [3.05, 3.63) is 0 Å². The summed E-state index contributed by atoms with van der Waals surface area (Å²) in [6.07, 6.45) is -3.53. The minimum absolute atomic E-state index is 0.866. The molecular weight excluding hydrogens is 320 g/mol. The molecule has 0 aromatic rings. The highest BCUT2D eigenvalue weighted by Crippen LogP contribution is 2.13. The zero-order valence-electron chi connectivity index (χ0n) is 11.6. The number of carboxylic acid groups (broad SMARTS) is 4. The van der Waals surface area contributed by atoms with Crippen LogP contribution < -0.4 is 0 Å². The monoisotopic (exact) mass is 334 g/mol. The van der Waals surface area contributed by atoms with Gasteiger partial charge in [-0.05, 0) is 0 Å². The fraction of sp³-hybridized carbons (Fsp3) is 0.500. The third-order valence-corrected chi connectivity index (χ3v) is 2.59. The van der Waals surface area contributed by atoms with Gasteiger partial charge in [-0.2, -0.15) is 0 Å². The number of hydrogen-bond donors (Lipinski definition) is 4. The van der Waals surface area contributed by atoms with Crippen molar-refractivity contribution in [3.8, 4) is 0 Å². The molecule has 2 unspecified atom stereocenters. The molecule has 0 aliphatic carbocycles. The molecule has 0 amide bonds. The normalized spacial score (nSPS) is 12.7. The quantitative estimate of drug-likeness (QED) is 0.288. The molecule has 0 spiro atoms. The first-order valence-electron chi connectivity index (χ1n) is 6.15. The minimum Gasteiger partial charge on any atom is -0.481 e. The van der Waals surface area contributed by atoms with Crippen LogP contribution in [0.4, 0.5) is 0 Å². The number of carbonyl (C=O) groups is 6. The van der Waals surface area contributed by atoms with E-state index in [1.807, 2.05) is 0 Å². The number of hydrogen-bond acceptors (Lipinski definition) is 7. The Balaban J connectivity index is 4.60. The molecule has 11 nitrogen and oxygen atoms in total. The molecule has 2 atom stereocenters. The van der Waals surface area contributed by atoms with Crippen molar-refractivity contribution >= 4 is 35.8 Å². The SMILES string of the molecule is O=C(O)CC(CC(=O)OC(=O)CC(CC(=O)O)C(=O)O)C(=O)O. The zero-order chi connectivity index (χ0) is 18.2. The average molecular weight is 334 g/mol. The molecule has 11 heteroatoms. The number of carboxylic acids is 4. The molecule has 0 heterocycles. The number of aliphatic carboxylic acids is 4. The van der Waals surface area contributed by atoms with E-state index in [2.05, 4.69) is 4.74 Å². The molecule has 0 aromatic carbocycles. The summed E-state index contributed by atoms with van der Waals surface area (Å²) in [6, 6.07) is 0. The maximum atomic E-state index is 11.4. The molecule has 0 saturated heterocycles. The van der Waals surface area contributed by atoms with Gasteiger partial charge in [0.2, 0.25) is 0 Å². The van der Waals surface area contributed by atoms with Crippen molar-refractivity contribution < 1.29 is 53.9 Å². The second kappa shape index (κ2) is 9.12. The lowest BCUT2D eigenvalue weighted by atomic mass is 10.0. The number of ether oxygens (including phenoxy) is 1. The summed E-state index contributed by atoms with van der Waals surface area (Å²) in [6.45, 7) is 0. The first kappa shape index (κ1) is 20.0. The Morgan fingerprint density at radius 2 is 0.913 bits per heavy atom. The van der Waals surface area contributed by atoms with Gasteiger partial charge in [0.05, 0.1) is 37.5 Å². The van der Waals surface area contributed by atoms with E-state index >= 15 is 0 Å². The third-order valence-electron chi connectivity index (χ3n) is 2.59. The fourth-order valence-electron chi connectivity index (χ4n) is 1.53. The molecule has 0 saturated carbocycles. The van der Waals surface area contributed by atoms with Gasteiger partial charge in [-0.15, -0.1) is 0 Å². The van der Waals surface area contributed by atoms with Crippen molar-refractivity contribution in [1.29, 1.82) is 0 Å². The molecule has 128 valence electrons. The van der Waals surface area contributed by atoms with E-state index in [0.29, 0.717) is 0 Å². The van der Waals surface area contributed by atoms with Gasteiger partial charge < -0.3 is 25.2 Å². The highest BCUT2D eigenvalue weighted by Gasteiger charge is 2.29. The second-order valence-electron chi connectivity index (χ2n) is 4.52. The molecule has 0 aromatic heterocycles. The predicted molar refractivity (Wildman–Crippen MR) is 67.1 cm³/mol. The van der Waals surface area contributed by atoms with Crippen LogP contribution in [-0.2, 0) is 33.5 Å². The van der Waals surface area contributed by atoms with Crippen LogP contribution in [0.25, 0.3) is 0 Å². The summed E-state index contributed by atoms with van der Waals surface area (Å²) in [5, 5.41) is 34.4. The van der Waals surface area contributed by atoms with E-state index in [0.717, 1.165) is 0 Å². The smallest absolute Gasteiger partial charge is 0.314 e. The highest BCUT2D eigenvalue weighted by molar-refractivity contribution is 5.90. The second-order valence-corrected chi connectivity index (χ2v) is 4.52. The van der Waals surface area contributed by atoms with Crippen LogP contribution in [0.2, 0.25) is 0 Å². The first-order chi connectivity index (χ1) is 10.5. The Morgan fingerprint density at radius 1 is 0.609 bits per heavy atom. The van der Waals surface area contributed by atoms with Gasteiger partial charge >= 0.3 is 35.8 Å². The summed E-state index contributed by atoms with van der Waals surface area (Å²) in [5.41, 5.74) is 0. The largest absolute Gasteiger partial charge is 0.481 e. The van der Waals surface area contributed by atoms with Crippen LogP contribution in [0.15, 0.2) is 0 Å². The van der Waals surface area contributed by atoms with Gasteiger partial charge in [0, 0.05) is 0 Å². The molecule has 0 fully saturated rings. The summed E-state index contributed by atoms with van der Waals surface area (Å²) in [4.78, 5) is 65.1. The van der Waals surface area contributed by atoms with Crippen LogP contribution in [0.5, 0.6) is 0 Å². The maximum absolute atomic E-state index is 11.4. The highest BCUT2D eigenvalue weighted by atomic mass is 16.6. The lowest BCUT2D eigenvalue weighted by Gasteiger charge is -2.11. The lowest BCUT2D eigenvalue weighted by Crippen LogP contribution is -2.26. The summed E-state index contributed by atoms with van der Waals surface area (Å²) < 4.78 is 4.18. The van der Waals surface area contributed by atoms with E-state index < -0.39 is 73.3 Å². The van der Waals surface area contributed by atoms with Crippen molar-refractivity contribution in [1.82, 2.24) is 0 Å². The van der Waals surface area contributed by atoms with Gasteiger partial charge in [-0.3, -0.25) is 28.8 Å². The Labute approximate surface area is 128 Å². The van der Waals surface area contributed by atoms with Gasteiger partial charge in [-0.25, -0.2) is 0 Å². The Bertz CT molecular complexity index is 475. The molecule has 0 aliphatic rings. The molecule has 0 bridgehead atoms. The van der Waals surface area contributed by atoms with Crippen LogP contribution in [-0.4, -0.2) is 56.2 Å². The third kappa shape index (κ3) is 8.80. The van der Waals surface area contributed by atoms with E-state index in [-0.39, 0.29) is 0 Å². The van der Waals surface area contributed by atoms with Crippen LogP contribution in [0, 0.1) is 11.8 Å². The molecule has 0 rings (SSSR count). The van der Waals surface area contributed by atoms with Gasteiger partial charge in [0.25, 0.3) is 0 Å². The summed E-state index contributed by atoms with van der Waals surface area (Å²) in [7, 11) is 0. The first-order valence-corrected chi connectivity index (χ1v) is 6.15.